The molecule has 0 spiro atoms. The smallest absolute Gasteiger partial charge is 0.287 e. The van der Waals surface area contributed by atoms with Gasteiger partial charge < -0.3 is 4.90 Å². The molecule has 5 nitrogen and oxygen atoms in total. The molecule has 1 aliphatic rings. The Kier molecular flexibility index (Phi) is 4.02. The Balaban J connectivity index is 2.02. The Bertz CT molecular complexity index is 445. The van der Waals surface area contributed by atoms with Gasteiger partial charge in [0, 0.05) is 19.2 Å². The third kappa shape index (κ3) is 3.03. The van der Waals surface area contributed by atoms with Gasteiger partial charge in [-0.2, -0.15) is 0 Å². The summed E-state index contributed by atoms with van der Waals surface area (Å²) in [5.41, 5.74) is 0.0469. The molecule has 1 fully saturated rings. The highest BCUT2D eigenvalue weighted by molar-refractivity contribution is 5.43. The zero-order valence-electron chi connectivity index (χ0n) is 11.7. The Morgan fingerprint density at radius 3 is 2.79 bits per heavy atom. The fourth-order valence-electron chi connectivity index (χ4n) is 2.55. The van der Waals surface area contributed by atoms with Gasteiger partial charge in [0.15, 0.2) is 0 Å². The van der Waals surface area contributed by atoms with Crippen LogP contribution < -0.4 is 4.90 Å². The van der Waals surface area contributed by atoms with E-state index in [1.54, 1.807) is 6.07 Å². The molecular formula is C14H20N3O2. The zero-order valence-corrected chi connectivity index (χ0v) is 11.7. The molecule has 19 heavy (non-hydrogen) atoms. The van der Waals surface area contributed by atoms with Crippen molar-refractivity contribution in [2.45, 2.75) is 27.2 Å². The average Bonchev–Trinajstić information content (AvgIpc) is 2.87. The highest BCUT2D eigenvalue weighted by atomic mass is 16.6. The number of nitrogens with zero attached hydrogens (tertiary/aromatic N) is 3. The first kappa shape index (κ1) is 13.8. The number of rotatable bonds is 4. The average molecular weight is 262 g/mol. The maximum atomic E-state index is 10.6. The number of pyridine rings is 1. The molecule has 1 aromatic heterocycles. The molecule has 1 aromatic rings. The van der Waals surface area contributed by atoms with Crippen molar-refractivity contribution in [2.24, 2.45) is 11.8 Å². The lowest BCUT2D eigenvalue weighted by Gasteiger charge is -2.23. The second-order valence-electron chi connectivity index (χ2n) is 5.49. The van der Waals surface area contributed by atoms with Crippen LogP contribution in [0.15, 0.2) is 18.3 Å². The lowest BCUT2D eigenvalue weighted by atomic mass is 9.84. The fraction of sp³-hybridized carbons (Fsp3) is 0.571. The van der Waals surface area contributed by atoms with Crippen LogP contribution in [0, 0.1) is 27.9 Å². The predicted octanol–water partition coefficient (Wildman–Crippen LogP) is 3.07. The molecule has 103 valence electrons. The molecular weight excluding hydrogens is 242 g/mol. The maximum Gasteiger partial charge on any atom is 0.287 e. The Labute approximate surface area is 113 Å². The molecule has 0 amide bonds. The minimum Gasteiger partial charge on any atom is -0.356 e. The van der Waals surface area contributed by atoms with Crippen LogP contribution in [0.5, 0.6) is 0 Å². The molecule has 0 saturated carbocycles. The number of nitro groups is 1. The van der Waals surface area contributed by atoms with Crippen LogP contribution in [0.4, 0.5) is 11.5 Å². The standard InChI is InChI=1S/C14H20N3O2/c1-10(2)11(3)12-6-7-16(9-12)14-5-4-13(8-15-14)17(18)19/h4-5,8,11-12H,6-7,9H2,1-3H3. The molecule has 0 bridgehead atoms. The highest BCUT2D eigenvalue weighted by Gasteiger charge is 2.29. The van der Waals surface area contributed by atoms with E-state index in [0.717, 1.165) is 25.3 Å². The SMILES string of the molecule is C[C](C)C(C)C1CCN(c2ccc([N+](=O)[O-])cn2)C1. The fourth-order valence-corrected chi connectivity index (χ4v) is 2.55. The molecule has 2 heterocycles. The molecule has 1 radical (unpaired) electrons. The lowest BCUT2D eigenvalue weighted by molar-refractivity contribution is -0.385. The number of aromatic nitrogens is 1. The third-order valence-electron chi connectivity index (χ3n) is 4.11. The molecule has 2 atom stereocenters. The van der Waals surface area contributed by atoms with Gasteiger partial charge in [-0.25, -0.2) is 4.98 Å². The summed E-state index contributed by atoms with van der Waals surface area (Å²) < 4.78 is 0. The van der Waals surface area contributed by atoms with E-state index in [2.05, 4.69) is 30.7 Å². The first-order valence-electron chi connectivity index (χ1n) is 6.64. The predicted molar refractivity (Wildman–Crippen MR) is 75.0 cm³/mol. The topological polar surface area (TPSA) is 59.3 Å². The third-order valence-corrected chi connectivity index (χ3v) is 4.11. The summed E-state index contributed by atoms with van der Waals surface area (Å²) in [5.74, 6) is 3.57. The van der Waals surface area contributed by atoms with Crippen molar-refractivity contribution in [3.8, 4) is 0 Å². The van der Waals surface area contributed by atoms with Gasteiger partial charge in [-0.1, -0.05) is 20.8 Å². The summed E-state index contributed by atoms with van der Waals surface area (Å²) in [7, 11) is 0. The van der Waals surface area contributed by atoms with E-state index in [1.165, 1.54) is 18.2 Å². The van der Waals surface area contributed by atoms with Gasteiger partial charge in [-0.15, -0.1) is 0 Å². The van der Waals surface area contributed by atoms with E-state index in [1.807, 2.05) is 0 Å². The van der Waals surface area contributed by atoms with Crippen molar-refractivity contribution >= 4 is 11.5 Å². The van der Waals surface area contributed by atoms with Crippen molar-refractivity contribution < 1.29 is 4.92 Å². The summed E-state index contributed by atoms with van der Waals surface area (Å²) >= 11 is 0. The quantitative estimate of drug-likeness (QED) is 0.618. The Morgan fingerprint density at radius 1 is 1.53 bits per heavy atom. The van der Waals surface area contributed by atoms with Gasteiger partial charge in [0.05, 0.1) is 4.92 Å². The van der Waals surface area contributed by atoms with Gasteiger partial charge in [-0.3, -0.25) is 10.1 Å². The van der Waals surface area contributed by atoms with E-state index >= 15 is 0 Å². The number of hydrogen-bond acceptors (Lipinski definition) is 4. The number of hydrogen-bond donors (Lipinski definition) is 0. The first-order valence-corrected chi connectivity index (χ1v) is 6.64. The van der Waals surface area contributed by atoms with E-state index < -0.39 is 4.92 Å². The summed E-state index contributed by atoms with van der Waals surface area (Å²) in [5, 5.41) is 10.6. The zero-order chi connectivity index (χ0) is 14.0. The van der Waals surface area contributed by atoms with Gasteiger partial charge >= 0.3 is 0 Å². The molecule has 0 aromatic carbocycles. The molecule has 0 N–H and O–H groups in total. The van der Waals surface area contributed by atoms with E-state index in [0.29, 0.717) is 11.8 Å². The van der Waals surface area contributed by atoms with Crippen molar-refractivity contribution in [3.05, 3.63) is 34.4 Å². The van der Waals surface area contributed by atoms with Crippen LogP contribution in [0.25, 0.3) is 0 Å². The van der Waals surface area contributed by atoms with Gasteiger partial charge in [0.25, 0.3) is 5.69 Å². The summed E-state index contributed by atoms with van der Waals surface area (Å²) in [4.78, 5) is 16.6. The Morgan fingerprint density at radius 2 is 2.26 bits per heavy atom. The summed E-state index contributed by atoms with van der Waals surface area (Å²) in [6.07, 6.45) is 2.49. The van der Waals surface area contributed by atoms with Crippen molar-refractivity contribution in [2.75, 3.05) is 18.0 Å². The largest absolute Gasteiger partial charge is 0.356 e. The first-order chi connectivity index (χ1) is 8.99. The molecule has 2 rings (SSSR count). The van der Waals surface area contributed by atoms with Crippen LogP contribution in [-0.4, -0.2) is 23.0 Å². The molecule has 5 heteroatoms. The van der Waals surface area contributed by atoms with Crippen LogP contribution >= 0.6 is 0 Å². The monoisotopic (exact) mass is 262 g/mol. The van der Waals surface area contributed by atoms with E-state index in [4.69, 9.17) is 0 Å². The molecule has 0 aliphatic carbocycles. The van der Waals surface area contributed by atoms with Crippen molar-refractivity contribution in [1.29, 1.82) is 0 Å². The summed E-state index contributed by atoms with van der Waals surface area (Å²) in [6, 6.07) is 3.27. The van der Waals surface area contributed by atoms with Crippen molar-refractivity contribution in [3.63, 3.8) is 0 Å². The van der Waals surface area contributed by atoms with Crippen LogP contribution in [0.1, 0.15) is 27.2 Å². The molecule has 1 saturated heterocycles. The van der Waals surface area contributed by atoms with Gasteiger partial charge in [-0.05, 0) is 30.2 Å². The minimum absolute atomic E-state index is 0.0469. The van der Waals surface area contributed by atoms with Gasteiger partial charge in [0.1, 0.15) is 12.0 Å². The van der Waals surface area contributed by atoms with Gasteiger partial charge in [0.2, 0.25) is 0 Å². The lowest BCUT2D eigenvalue weighted by Crippen LogP contribution is -2.24. The number of anilines is 1. The van der Waals surface area contributed by atoms with E-state index in [-0.39, 0.29) is 5.69 Å². The summed E-state index contributed by atoms with van der Waals surface area (Å²) in [6.45, 7) is 8.59. The second-order valence-corrected chi connectivity index (χ2v) is 5.49. The normalized spacial score (nSPS) is 20.8. The second kappa shape index (κ2) is 5.55. The Hall–Kier alpha value is -1.65. The van der Waals surface area contributed by atoms with E-state index in [9.17, 15) is 10.1 Å². The highest BCUT2D eigenvalue weighted by Crippen LogP contribution is 2.32. The molecule has 2 unspecified atom stereocenters. The minimum atomic E-state index is -0.416. The molecule has 1 aliphatic heterocycles. The van der Waals surface area contributed by atoms with Crippen LogP contribution in [-0.2, 0) is 0 Å². The maximum absolute atomic E-state index is 10.6. The van der Waals surface area contributed by atoms with Crippen LogP contribution in [0.3, 0.4) is 0 Å². The van der Waals surface area contributed by atoms with Crippen LogP contribution in [0.2, 0.25) is 0 Å². The van der Waals surface area contributed by atoms with Crippen molar-refractivity contribution in [1.82, 2.24) is 4.98 Å².